The zero-order valence-electron chi connectivity index (χ0n) is 16.8. The number of hydrogen-bond donors (Lipinski definition) is 0. The monoisotopic (exact) mass is 413 g/mol. The summed E-state index contributed by atoms with van der Waals surface area (Å²) in [4.78, 5) is 32.0. The number of nitrogens with zero attached hydrogens (tertiary/aromatic N) is 5. The maximum absolute atomic E-state index is 13.1. The van der Waals surface area contributed by atoms with Gasteiger partial charge in [-0.2, -0.15) is 16.9 Å². The summed E-state index contributed by atoms with van der Waals surface area (Å²) in [5.41, 5.74) is 1.98. The van der Waals surface area contributed by atoms with Gasteiger partial charge in [0.2, 0.25) is 0 Å². The third-order valence-corrected chi connectivity index (χ3v) is 6.32. The molecule has 0 radical (unpaired) electrons. The van der Waals surface area contributed by atoms with E-state index in [4.69, 9.17) is 0 Å². The standard InChI is InChI=1S/C21H27N5O2S/c1-29-16-4-8-23-10-12-24(13-11-23)18-6-2-5-17-19(18)21(28)26(20(17)27)15-14-25-9-3-7-22-25/h2-3,5-7,9H,4,8,10-16H2,1H3. The normalized spacial score (nSPS) is 17.3. The molecule has 0 bridgehead atoms. The van der Waals surface area contributed by atoms with E-state index in [0.717, 1.165) is 38.4 Å². The molecule has 0 N–H and O–H groups in total. The van der Waals surface area contributed by atoms with Crippen LogP contribution in [-0.4, -0.2) is 82.7 Å². The van der Waals surface area contributed by atoms with Crippen molar-refractivity contribution in [1.29, 1.82) is 0 Å². The largest absolute Gasteiger partial charge is 0.368 e. The third kappa shape index (κ3) is 4.18. The van der Waals surface area contributed by atoms with E-state index >= 15 is 0 Å². The van der Waals surface area contributed by atoms with Crippen molar-refractivity contribution in [1.82, 2.24) is 19.6 Å². The predicted octanol–water partition coefficient (Wildman–Crippen LogP) is 2.05. The van der Waals surface area contributed by atoms with Crippen molar-refractivity contribution >= 4 is 29.3 Å². The van der Waals surface area contributed by atoms with Gasteiger partial charge in [-0.15, -0.1) is 0 Å². The minimum atomic E-state index is -0.199. The Morgan fingerprint density at radius 3 is 2.55 bits per heavy atom. The van der Waals surface area contributed by atoms with Crippen LogP contribution >= 0.6 is 11.8 Å². The Bertz CT molecular complexity index is 862. The van der Waals surface area contributed by atoms with Gasteiger partial charge in [0.1, 0.15) is 0 Å². The first-order chi connectivity index (χ1) is 14.2. The van der Waals surface area contributed by atoms with Crippen LogP contribution in [0.25, 0.3) is 0 Å². The average molecular weight is 414 g/mol. The maximum atomic E-state index is 13.1. The molecule has 0 unspecified atom stereocenters. The van der Waals surface area contributed by atoms with Crippen LogP contribution in [0.5, 0.6) is 0 Å². The summed E-state index contributed by atoms with van der Waals surface area (Å²) in [7, 11) is 0. The van der Waals surface area contributed by atoms with E-state index in [-0.39, 0.29) is 11.8 Å². The zero-order valence-corrected chi connectivity index (χ0v) is 17.6. The molecule has 3 heterocycles. The van der Waals surface area contributed by atoms with Crippen LogP contribution in [-0.2, 0) is 6.54 Å². The molecule has 0 saturated carbocycles. The lowest BCUT2D eigenvalue weighted by atomic mass is 10.1. The average Bonchev–Trinajstić information content (AvgIpc) is 3.35. The molecule has 2 aliphatic rings. The van der Waals surface area contributed by atoms with Crippen molar-refractivity contribution in [2.24, 2.45) is 0 Å². The molecule has 0 atom stereocenters. The topological polar surface area (TPSA) is 61.7 Å². The minimum Gasteiger partial charge on any atom is -0.368 e. The Hall–Kier alpha value is -2.32. The Labute approximate surface area is 175 Å². The molecule has 0 aliphatic carbocycles. The van der Waals surface area contributed by atoms with Crippen molar-refractivity contribution < 1.29 is 9.59 Å². The van der Waals surface area contributed by atoms with E-state index < -0.39 is 0 Å². The highest BCUT2D eigenvalue weighted by atomic mass is 32.2. The minimum absolute atomic E-state index is 0.185. The maximum Gasteiger partial charge on any atom is 0.263 e. The molecule has 29 heavy (non-hydrogen) atoms. The van der Waals surface area contributed by atoms with E-state index in [1.807, 2.05) is 36.2 Å². The summed E-state index contributed by atoms with van der Waals surface area (Å²) >= 11 is 1.89. The van der Waals surface area contributed by atoms with Crippen molar-refractivity contribution in [3.05, 3.63) is 47.8 Å². The summed E-state index contributed by atoms with van der Waals surface area (Å²) in [5, 5.41) is 4.15. The van der Waals surface area contributed by atoms with Crippen LogP contribution in [0.1, 0.15) is 27.1 Å². The number of anilines is 1. The molecule has 1 saturated heterocycles. The van der Waals surface area contributed by atoms with Gasteiger partial charge < -0.3 is 4.90 Å². The summed E-state index contributed by atoms with van der Waals surface area (Å²) in [6.07, 6.45) is 6.88. The number of carbonyl (C=O) groups excluding carboxylic acids is 2. The van der Waals surface area contributed by atoms with Gasteiger partial charge in [-0.3, -0.25) is 24.1 Å². The molecule has 4 rings (SSSR count). The number of benzene rings is 1. The Morgan fingerprint density at radius 1 is 1.00 bits per heavy atom. The fraction of sp³-hybridized carbons (Fsp3) is 0.476. The van der Waals surface area contributed by atoms with Gasteiger partial charge in [0.25, 0.3) is 11.8 Å². The summed E-state index contributed by atoms with van der Waals surface area (Å²) in [6.45, 7) is 5.70. The molecule has 1 aromatic carbocycles. The van der Waals surface area contributed by atoms with Crippen molar-refractivity contribution in [2.75, 3.05) is 56.2 Å². The number of imide groups is 1. The van der Waals surface area contributed by atoms with Crippen molar-refractivity contribution in [2.45, 2.75) is 13.0 Å². The molecular formula is C21H27N5O2S. The Kier molecular flexibility index (Phi) is 6.20. The molecule has 2 amide bonds. The fourth-order valence-electron chi connectivity index (χ4n) is 4.06. The lowest BCUT2D eigenvalue weighted by Gasteiger charge is -2.36. The third-order valence-electron chi connectivity index (χ3n) is 5.62. The lowest BCUT2D eigenvalue weighted by Crippen LogP contribution is -2.47. The highest BCUT2D eigenvalue weighted by Gasteiger charge is 2.38. The second-order valence-corrected chi connectivity index (χ2v) is 8.39. The van der Waals surface area contributed by atoms with Crippen LogP contribution in [0.15, 0.2) is 36.7 Å². The second-order valence-electron chi connectivity index (χ2n) is 7.41. The molecule has 7 nitrogen and oxygen atoms in total. The van der Waals surface area contributed by atoms with E-state index in [2.05, 4.69) is 21.2 Å². The van der Waals surface area contributed by atoms with E-state index in [1.54, 1.807) is 16.9 Å². The SMILES string of the molecule is CSCCCN1CCN(c2cccc3c2C(=O)N(CCn2cccn2)C3=O)CC1. The molecule has 1 aromatic heterocycles. The van der Waals surface area contributed by atoms with Gasteiger partial charge in [-0.1, -0.05) is 6.07 Å². The number of hydrogen-bond acceptors (Lipinski definition) is 6. The molecule has 2 aliphatic heterocycles. The summed E-state index contributed by atoms with van der Waals surface area (Å²) in [6, 6.07) is 7.47. The van der Waals surface area contributed by atoms with Gasteiger partial charge in [0.05, 0.1) is 23.4 Å². The number of piperazine rings is 1. The first-order valence-electron chi connectivity index (χ1n) is 10.1. The smallest absolute Gasteiger partial charge is 0.263 e. The molecule has 1 fully saturated rings. The number of thioether (sulfide) groups is 1. The predicted molar refractivity (Wildman–Crippen MR) is 116 cm³/mol. The summed E-state index contributed by atoms with van der Waals surface area (Å²) in [5.74, 6) is 0.807. The molecule has 154 valence electrons. The van der Waals surface area contributed by atoms with E-state index in [9.17, 15) is 9.59 Å². The van der Waals surface area contributed by atoms with Crippen LogP contribution < -0.4 is 4.90 Å². The first kappa shape index (κ1) is 20.0. The number of fused-ring (bicyclic) bond motifs is 1. The highest BCUT2D eigenvalue weighted by molar-refractivity contribution is 7.98. The number of carbonyl (C=O) groups is 2. The summed E-state index contributed by atoms with van der Waals surface area (Å²) < 4.78 is 1.74. The van der Waals surface area contributed by atoms with Gasteiger partial charge >= 0.3 is 0 Å². The molecule has 0 spiro atoms. The van der Waals surface area contributed by atoms with Gasteiger partial charge in [0.15, 0.2) is 0 Å². The number of amides is 2. The lowest BCUT2D eigenvalue weighted by molar-refractivity contribution is 0.0647. The van der Waals surface area contributed by atoms with Crippen LogP contribution in [0.3, 0.4) is 0 Å². The first-order valence-corrected chi connectivity index (χ1v) is 11.5. The molecule has 8 heteroatoms. The fourth-order valence-corrected chi connectivity index (χ4v) is 4.48. The van der Waals surface area contributed by atoms with Crippen LogP contribution in [0, 0.1) is 0 Å². The molecule has 2 aromatic rings. The molecular weight excluding hydrogens is 386 g/mol. The Morgan fingerprint density at radius 2 is 1.83 bits per heavy atom. The Balaban J connectivity index is 1.44. The van der Waals surface area contributed by atoms with Crippen LogP contribution in [0.2, 0.25) is 0 Å². The number of aromatic nitrogens is 2. The second kappa shape index (κ2) is 9.00. The highest BCUT2D eigenvalue weighted by Crippen LogP contribution is 2.32. The van der Waals surface area contributed by atoms with Crippen molar-refractivity contribution in [3.63, 3.8) is 0 Å². The zero-order chi connectivity index (χ0) is 20.2. The van der Waals surface area contributed by atoms with Crippen molar-refractivity contribution in [3.8, 4) is 0 Å². The van der Waals surface area contributed by atoms with Crippen LogP contribution in [0.4, 0.5) is 5.69 Å². The van der Waals surface area contributed by atoms with E-state index in [1.165, 1.54) is 17.1 Å². The van der Waals surface area contributed by atoms with Gasteiger partial charge in [-0.05, 0) is 43.2 Å². The quantitative estimate of drug-likeness (QED) is 0.488. The van der Waals surface area contributed by atoms with Gasteiger partial charge in [0, 0.05) is 45.1 Å². The number of rotatable bonds is 8. The van der Waals surface area contributed by atoms with E-state index in [0.29, 0.717) is 24.2 Å². The van der Waals surface area contributed by atoms with Gasteiger partial charge in [-0.25, -0.2) is 0 Å².